The lowest BCUT2D eigenvalue weighted by Gasteiger charge is -2.34. The number of sulfone groups is 1. The van der Waals surface area contributed by atoms with Gasteiger partial charge in [-0.15, -0.1) is 0 Å². The molecule has 0 unspecified atom stereocenters. The van der Waals surface area contributed by atoms with Crippen LogP contribution in [-0.4, -0.2) is 56.8 Å². The zero-order valence-corrected chi connectivity index (χ0v) is 16.7. The molecule has 2 aliphatic rings. The minimum absolute atomic E-state index is 0.223. The van der Waals surface area contributed by atoms with Crippen molar-refractivity contribution < 1.29 is 8.42 Å². The van der Waals surface area contributed by atoms with Crippen LogP contribution in [0.15, 0.2) is 35.2 Å². The minimum Gasteiger partial charge on any atom is -0.384 e. The lowest BCUT2D eigenvalue weighted by molar-refractivity contribution is 0.313. The Hall–Kier alpha value is -2.12. The minimum atomic E-state index is -3.27. The molecular formula is C20H26N4O2S. The van der Waals surface area contributed by atoms with Crippen LogP contribution in [0.5, 0.6) is 0 Å². The number of nitrogen functional groups attached to an aromatic ring is 1. The smallest absolute Gasteiger partial charge is 0.181 e. The molecule has 2 N–H and O–H groups in total. The van der Waals surface area contributed by atoms with Crippen LogP contribution in [0.4, 0.5) is 11.5 Å². The van der Waals surface area contributed by atoms with Crippen molar-refractivity contribution in [2.75, 3.05) is 43.9 Å². The number of hydrogen-bond acceptors (Lipinski definition) is 6. The topological polar surface area (TPSA) is 79.5 Å². The Morgan fingerprint density at radius 2 is 1.78 bits per heavy atom. The van der Waals surface area contributed by atoms with E-state index in [4.69, 9.17) is 5.73 Å². The van der Waals surface area contributed by atoms with Gasteiger partial charge in [0.2, 0.25) is 0 Å². The highest BCUT2D eigenvalue weighted by molar-refractivity contribution is 7.92. The van der Waals surface area contributed by atoms with Gasteiger partial charge in [0.05, 0.1) is 10.1 Å². The maximum Gasteiger partial charge on any atom is 0.181 e. The van der Waals surface area contributed by atoms with E-state index in [0.717, 1.165) is 61.5 Å². The molecule has 0 amide bonds. The van der Waals surface area contributed by atoms with Gasteiger partial charge in [-0.25, -0.2) is 13.4 Å². The third-order valence-corrected chi connectivity index (χ3v) is 7.71. The van der Waals surface area contributed by atoms with E-state index >= 15 is 0 Å². The normalized spacial score (nSPS) is 18.7. The average molecular weight is 387 g/mol. The van der Waals surface area contributed by atoms with Crippen LogP contribution in [0, 0.1) is 6.92 Å². The Bertz CT molecular complexity index is 962. The van der Waals surface area contributed by atoms with Gasteiger partial charge in [-0.3, -0.25) is 0 Å². The van der Waals surface area contributed by atoms with Gasteiger partial charge in [0.1, 0.15) is 5.82 Å². The number of benzene rings is 1. The van der Waals surface area contributed by atoms with Gasteiger partial charge in [0.15, 0.2) is 9.84 Å². The zero-order chi connectivity index (χ0) is 19.2. The maximum absolute atomic E-state index is 12.9. The zero-order valence-electron chi connectivity index (χ0n) is 15.9. The number of pyridine rings is 1. The first-order chi connectivity index (χ1) is 12.8. The monoisotopic (exact) mass is 386 g/mol. The molecule has 1 saturated heterocycles. The molecule has 0 spiro atoms. The molecule has 0 radical (unpaired) electrons. The van der Waals surface area contributed by atoms with Crippen molar-refractivity contribution in [1.82, 2.24) is 9.88 Å². The average Bonchev–Trinajstić information content (AvgIpc) is 3.47. The summed E-state index contributed by atoms with van der Waals surface area (Å²) in [5.74, 6) is 0.470. The quantitative estimate of drug-likeness (QED) is 0.869. The molecule has 1 aliphatic carbocycles. The standard InChI is InChI=1S/C20H26N4O2S/c1-14-19(5-6-20(21)22-14)15-11-16(24-9-7-23(2)8-10-24)13-18(12-15)27(25,26)17-3-4-17/h5-6,11-13,17H,3-4,7-10H2,1-2H3,(H2,21,22). The number of aryl methyl sites for hydroxylation is 1. The van der Waals surface area contributed by atoms with E-state index in [2.05, 4.69) is 27.9 Å². The lowest BCUT2D eigenvalue weighted by atomic mass is 10.0. The molecule has 2 aromatic rings. The highest BCUT2D eigenvalue weighted by atomic mass is 32.2. The van der Waals surface area contributed by atoms with E-state index in [1.165, 1.54) is 0 Å². The Balaban J connectivity index is 1.81. The summed E-state index contributed by atoms with van der Waals surface area (Å²) in [4.78, 5) is 9.33. The van der Waals surface area contributed by atoms with Crippen LogP contribution in [0.1, 0.15) is 18.5 Å². The Labute approximate surface area is 160 Å². The molecule has 2 heterocycles. The molecule has 6 nitrogen and oxygen atoms in total. The van der Waals surface area contributed by atoms with Crippen molar-refractivity contribution in [3.8, 4) is 11.1 Å². The highest BCUT2D eigenvalue weighted by Crippen LogP contribution is 2.37. The summed E-state index contributed by atoms with van der Waals surface area (Å²) in [5.41, 5.74) is 9.38. The number of piperazine rings is 1. The van der Waals surface area contributed by atoms with E-state index in [1.54, 1.807) is 12.1 Å². The first-order valence-corrected chi connectivity index (χ1v) is 11.0. The van der Waals surface area contributed by atoms with Gasteiger partial charge in [-0.05, 0) is 62.7 Å². The van der Waals surface area contributed by atoms with E-state index in [9.17, 15) is 8.42 Å². The second kappa shape index (κ2) is 6.80. The fourth-order valence-electron chi connectivity index (χ4n) is 3.61. The van der Waals surface area contributed by atoms with Gasteiger partial charge in [0, 0.05) is 43.1 Å². The van der Waals surface area contributed by atoms with Crippen molar-refractivity contribution in [2.45, 2.75) is 29.9 Å². The summed E-state index contributed by atoms with van der Waals surface area (Å²) < 4.78 is 25.9. The molecule has 1 aromatic heterocycles. The molecular weight excluding hydrogens is 360 g/mol. The van der Waals surface area contributed by atoms with Crippen molar-refractivity contribution in [3.05, 3.63) is 36.0 Å². The van der Waals surface area contributed by atoms with Crippen LogP contribution in [0.25, 0.3) is 11.1 Å². The Kier molecular flexibility index (Phi) is 4.60. The summed E-state index contributed by atoms with van der Waals surface area (Å²) in [5, 5.41) is -0.223. The molecule has 7 heteroatoms. The molecule has 2 fully saturated rings. The third-order valence-electron chi connectivity index (χ3n) is 5.47. The number of nitrogens with two attached hydrogens (primary N) is 1. The van der Waals surface area contributed by atoms with E-state index in [-0.39, 0.29) is 5.25 Å². The number of anilines is 2. The number of nitrogens with zero attached hydrogens (tertiary/aromatic N) is 3. The predicted octanol–water partition coefficient (Wildman–Crippen LogP) is 2.33. The lowest BCUT2D eigenvalue weighted by Crippen LogP contribution is -2.44. The van der Waals surface area contributed by atoms with E-state index in [0.29, 0.717) is 10.7 Å². The molecule has 0 atom stereocenters. The summed E-state index contributed by atoms with van der Waals surface area (Å²) in [7, 11) is -1.16. The number of likely N-dealkylation sites (N-methyl/N-ethyl adjacent to an activating group) is 1. The highest BCUT2D eigenvalue weighted by Gasteiger charge is 2.37. The molecule has 4 rings (SSSR count). The van der Waals surface area contributed by atoms with Crippen molar-refractivity contribution in [1.29, 1.82) is 0 Å². The molecule has 1 aromatic carbocycles. The summed E-state index contributed by atoms with van der Waals surface area (Å²) in [6.45, 7) is 5.63. The predicted molar refractivity (Wildman–Crippen MR) is 109 cm³/mol. The van der Waals surface area contributed by atoms with Gasteiger partial charge in [0.25, 0.3) is 0 Å². The van der Waals surface area contributed by atoms with Crippen LogP contribution in [0.2, 0.25) is 0 Å². The van der Waals surface area contributed by atoms with Gasteiger partial charge < -0.3 is 15.5 Å². The summed E-state index contributed by atoms with van der Waals surface area (Å²) in [6, 6.07) is 9.42. The number of rotatable bonds is 4. The number of aromatic nitrogens is 1. The van der Waals surface area contributed by atoms with Crippen LogP contribution in [-0.2, 0) is 9.84 Å². The van der Waals surface area contributed by atoms with Crippen LogP contribution >= 0.6 is 0 Å². The fourth-order valence-corrected chi connectivity index (χ4v) is 5.32. The van der Waals surface area contributed by atoms with Crippen LogP contribution < -0.4 is 10.6 Å². The maximum atomic E-state index is 12.9. The van der Waals surface area contributed by atoms with Crippen molar-refractivity contribution in [3.63, 3.8) is 0 Å². The second-order valence-corrected chi connectivity index (χ2v) is 9.85. The van der Waals surface area contributed by atoms with Crippen molar-refractivity contribution in [2.24, 2.45) is 0 Å². The third kappa shape index (κ3) is 3.66. The molecule has 1 aliphatic heterocycles. The number of hydrogen-bond donors (Lipinski definition) is 1. The fraction of sp³-hybridized carbons (Fsp3) is 0.450. The molecule has 144 valence electrons. The Morgan fingerprint density at radius 1 is 1.07 bits per heavy atom. The summed E-state index contributed by atoms with van der Waals surface area (Å²) >= 11 is 0. The van der Waals surface area contributed by atoms with Gasteiger partial charge in [-0.1, -0.05) is 0 Å². The van der Waals surface area contributed by atoms with Gasteiger partial charge >= 0.3 is 0 Å². The SMILES string of the molecule is Cc1nc(N)ccc1-c1cc(N2CCN(C)CC2)cc(S(=O)(=O)C2CC2)c1. The second-order valence-electron chi connectivity index (χ2n) is 7.62. The summed E-state index contributed by atoms with van der Waals surface area (Å²) in [6.07, 6.45) is 1.53. The Morgan fingerprint density at radius 3 is 2.41 bits per heavy atom. The van der Waals surface area contributed by atoms with E-state index in [1.807, 2.05) is 19.1 Å². The van der Waals surface area contributed by atoms with Crippen LogP contribution in [0.3, 0.4) is 0 Å². The largest absolute Gasteiger partial charge is 0.384 e. The molecule has 1 saturated carbocycles. The molecule has 27 heavy (non-hydrogen) atoms. The first kappa shape index (κ1) is 18.3. The van der Waals surface area contributed by atoms with Crippen molar-refractivity contribution >= 4 is 21.3 Å². The molecule has 0 bridgehead atoms. The van der Waals surface area contributed by atoms with Gasteiger partial charge in [-0.2, -0.15) is 0 Å². The first-order valence-electron chi connectivity index (χ1n) is 9.40. The van der Waals surface area contributed by atoms with E-state index < -0.39 is 9.84 Å².